The van der Waals surface area contributed by atoms with Crippen molar-refractivity contribution < 1.29 is 0 Å². The lowest BCUT2D eigenvalue weighted by molar-refractivity contribution is 0.563. The van der Waals surface area contributed by atoms with E-state index in [-0.39, 0.29) is 5.41 Å². The maximum Gasteiger partial charge on any atom is 0.160 e. The molecule has 10 aromatic rings. The van der Waals surface area contributed by atoms with E-state index < -0.39 is 5.41 Å². The van der Waals surface area contributed by atoms with Crippen molar-refractivity contribution in [3.05, 3.63) is 251 Å². The summed E-state index contributed by atoms with van der Waals surface area (Å²) in [6, 6.07) is 73.5. The third-order valence-electron chi connectivity index (χ3n) is 14.7. The monoisotopic (exact) mass is 831 g/mol. The maximum atomic E-state index is 5.42. The van der Waals surface area contributed by atoms with E-state index in [9.17, 15) is 0 Å². The molecule has 65 heavy (non-hydrogen) atoms. The number of benzene rings is 8. The first kappa shape index (κ1) is 37.7. The Morgan fingerprint density at radius 3 is 1.60 bits per heavy atom. The van der Waals surface area contributed by atoms with E-state index in [4.69, 9.17) is 9.97 Å². The molecule has 308 valence electrons. The number of rotatable bonds is 5. The molecular formula is C62H45N3. The van der Waals surface area contributed by atoms with Gasteiger partial charge in [0.2, 0.25) is 0 Å². The van der Waals surface area contributed by atoms with Crippen molar-refractivity contribution in [2.45, 2.75) is 37.5 Å². The molecule has 13 rings (SSSR count). The largest absolute Gasteiger partial charge is 0.313 e. The van der Waals surface area contributed by atoms with Crippen LogP contribution in [-0.4, -0.2) is 14.5 Å². The summed E-state index contributed by atoms with van der Waals surface area (Å²) in [5, 5.41) is 2.57. The van der Waals surface area contributed by atoms with Crippen molar-refractivity contribution in [3.8, 4) is 44.9 Å². The highest BCUT2D eigenvalue weighted by molar-refractivity contribution is 6.10. The highest BCUT2D eigenvalue weighted by atomic mass is 15.0. The average Bonchev–Trinajstić information content (AvgIpc) is 3.87. The van der Waals surface area contributed by atoms with Crippen LogP contribution in [0.25, 0.3) is 78.0 Å². The molecule has 0 bridgehead atoms. The minimum atomic E-state index is -0.471. The van der Waals surface area contributed by atoms with Crippen LogP contribution in [0, 0.1) is 0 Å². The summed E-state index contributed by atoms with van der Waals surface area (Å²) >= 11 is 0. The maximum absolute atomic E-state index is 5.42. The average molecular weight is 832 g/mol. The summed E-state index contributed by atoms with van der Waals surface area (Å²) in [4.78, 5) is 10.7. The van der Waals surface area contributed by atoms with Gasteiger partial charge in [-0.3, -0.25) is 0 Å². The van der Waals surface area contributed by atoms with E-state index >= 15 is 0 Å². The Morgan fingerprint density at radius 1 is 0.415 bits per heavy atom. The third-order valence-corrected chi connectivity index (χ3v) is 14.7. The second-order valence-electron chi connectivity index (χ2n) is 18.3. The van der Waals surface area contributed by atoms with Crippen molar-refractivity contribution in [2.24, 2.45) is 0 Å². The number of hydrogen-bond donors (Lipinski definition) is 0. The first-order valence-corrected chi connectivity index (χ1v) is 22.9. The molecule has 3 heteroatoms. The molecule has 0 saturated carbocycles. The van der Waals surface area contributed by atoms with Gasteiger partial charge in [0.1, 0.15) is 0 Å². The third kappa shape index (κ3) is 5.42. The zero-order chi connectivity index (χ0) is 43.3. The molecule has 0 atom stereocenters. The molecule has 0 N–H and O–H groups in total. The van der Waals surface area contributed by atoms with Crippen LogP contribution < -0.4 is 0 Å². The number of para-hydroxylation sites is 2. The second-order valence-corrected chi connectivity index (χ2v) is 18.3. The number of allylic oxidation sites excluding steroid dienone is 4. The van der Waals surface area contributed by atoms with Gasteiger partial charge in [-0.05, 0) is 98.3 Å². The van der Waals surface area contributed by atoms with Crippen LogP contribution >= 0.6 is 0 Å². The number of nitrogens with zero attached hydrogens (tertiary/aromatic N) is 3. The van der Waals surface area contributed by atoms with Gasteiger partial charge in [-0.15, -0.1) is 0 Å². The topological polar surface area (TPSA) is 30.7 Å². The minimum absolute atomic E-state index is 0.155. The fourth-order valence-corrected chi connectivity index (χ4v) is 11.8. The molecule has 0 radical (unpaired) electrons. The lowest BCUT2D eigenvalue weighted by Crippen LogP contribution is -2.40. The molecule has 8 aromatic carbocycles. The van der Waals surface area contributed by atoms with Gasteiger partial charge in [0, 0.05) is 33.0 Å². The molecule has 0 aliphatic heterocycles. The Kier molecular flexibility index (Phi) is 8.30. The highest BCUT2D eigenvalue weighted by Crippen LogP contribution is 2.63. The minimum Gasteiger partial charge on any atom is -0.313 e. The summed E-state index contributed by atoms with van der Waals surface area (Å²) < 4.78 is 2.45. The summed E-state index contributed by atoms with van der Waals surface area (Å²) in [5.74, 6) is 0.728. The molecule has 1 spiro atoms. The van der Waals surface area contributed by atoms with E-state index in [0.717, 1.165) is 46.7 Å². The molecular weight excluding hydrogens is 787 g/mol. The van der Waals surface area contributed by atoms with Crippen LogP contribution in [-0.2, 0) is 10.8 Å². The smallest absolute Gasteiger partial charge is 0.160 e. The first-order valence-electron chi connectivity index (χ1n) is 22.9. The lowest BCUT2D eigenvalue weighted by Gasteiger charge is -2.46. The van der Waals surface area contributed by atoms with E-state index in [1.807, 2.05) is 0 Å². The lowest BCUT2D eigenvalue weighted by atomic mass is 9.55. The molecule has 3 aliphatic carbocycles. The molecule has 0 unspecified atom stereocenters. The van der Waals surface area contributed by atoms with E-state index in [0.29, 0.717) is 0 Å². The van der Waals surface area contributed by atoms with E-state index in [1.165, 1.54) is 83.1 Å². The molecule has 0 fully saturated rings. The molecule has 3 aliphatic rings. The quantitative estimate of drug-likeness (QED) is 0.173. The molecule has 0 amide bonds. The Hall–Kier alpha value is -7.88. The van der Waals surface area contributed by atoms with Crippen LogP contribution in [0.5, 0.6) is 0 Å². The van der Waals surface area contributed by atoms with E-state index in [1.54, 1.807) is 0 Å². The van der Waals surface area contributed by atoms with Crippen LogP contribution in [0.3, 0.4) is 0 Å². The number of hydrogen-bond acceptors (Lipinski definition) is 2. The fraction of sp³-hybridized carbons (Fsp3) is 0.0968. The van der Waals surface area contributed by atoms with Gasteiger partial charge in [-0.25, -0.2) is 9.97 Å². The summed E-state index contributed by atoms with van der Waals surface area (Å²) in [6.07, 6.45) is 6.35. The summed E-state index contributed by atoms with van der Waals surface area (Å²) in [5.41, 5.74) is 21.4. The van der Waals surface area contributed by atoms with Gasteiger partial charge < -0.3 is 4.57 Å². The Balaban J connectivity index is 1.000. The first-order chi connectivity index (χ1) is 32.0. The van der Waals surface area contributed by atoms with Gasteiger partial charge in [-0.1, -0.05) is 202 Å². The Labute approximate surface area is 379 Å². The van der Waals surface area contributed by atoms with Crippen molar-refractivity contribution in [1.29, 1.82) is 0 Å². The van der Waals surface area contributed by atoms with Crippen LogP contribution in [0.1, 0.15) is 65.8 Å². The molecule has 0 saturated heterocycles. The summed E-state index contributed by atoms with van der Waals surface area (Å²) in [7, 11) is 0. The normalized spacial score (nSPS) is 15.2. The fourth-order valence-electron chi connectivity index (χ4n) is 11.8. The second kappa shape index (κ2) is 14.3. The number of fused-ring (bicyclic) bond motifs is 12. The van der Waals surface area contributed by atoms with Crippen molar-refractivity contribution >= 4 is 33.1 Å². The van der Waals surface area contributed by atoms with Gasteiger partial charge in [-0.2, -0.15) is 0 Å². The van der Waals surface area contributed by atoms with Crippen molar-refractivity contribution in [3.63, 3.8) is 0 Å². The van der Waals surface area contributed by atoms with Gasteiger partial charge in [0.15, 0.2) is 5.82 Å². The predicted octanol–water partition coefficient (Wildman–Crippen LogP) is 15.3. The molecule has 2 aromatic heterocycles. The zero-order valence-electron chi connectivity index (χ0n) is 36.5. The standard InChI is InChI=1S/C62H45N3/c1-61(2)50-28-12-14-30-52(50)62(53-31-15-13-29-51(53)61)49-27-11-8-25-48(49)59-47(26-18-32-54(59)62)43-21-6-7-22-44(43)56-39-55(63-60(64-56)41-19-4-3-5-20-41)40-35-37-42(38-36-40)65-57-33-16-9-23-45(57)46-24-10-17-34-58(46)65/h3-35,37,39H,36,38H2,1-2H3. The van der Waals surface area contributed by atoms with Gasteiger partial charge >= 0.3 is 0 Å². The Bertz CT molecular complexity index is 3540. The molecule has 2 heterocycles. The van der Waals surface area contributed by atoms with Crippen molar-refractivity contribution in [2.75, 3.05) is 0 Å². The predicted molar refractivity (Wildman–Crippen MR) is 269 cm³/mol. The number of aromatic nitrogens is 3. The van der Waals surface area contributed by atoms with Crippen LogP contribution in [0.15, 0.2) is 212 Å². The Morgan fingerprint density at radius 2 is 0.938 bits per heavy atom. The van der Waals surface area contributed by atoms with Gasteiger partial charge in [0.25, 0.3) is 0 Å². The van der Waals surface area contributed by atoms with E-state index in [2.05, 4.69) is 231 Å². The highest BCUT2D eigenvalue weighted by Gasteiger charge is 2.53. The van der Waals surface area contributed by atoms with Crippen molar-refractivity contribution in [1.82, 2.24) is 14.5 Å². The summed E-state index contributed by atoms with van der Waals surface area (Å²) in [6.45, 7) is 4.77. The van der Waals surface area contributed by atoms with Crippen LogP contribution in [0.4, 0.5) is 0 Å². The van der Waals surface area contributed by atoms with Gasteiger partial charge in [0.05, 0.1) is 27.8 Å². The van der Waals surface area contributed by atoms with Crippen LogP contribution in [0.2, 0.25) is 0 Å². The zero-order valence-corrected chi connectivity index (χ0v) is 36.5. The SMILES string of the molecule is CC1(C)c2ccccc2C2(c3ccccc3-c3c(-c4ccccc4-c4cc(C5=CC=C(n6c7ccccc7c7ccccc76)CC5)nc(-c5ccccc5)n4)cccc32)c2ccccc21. The molecule has 3 nitrogen and oxygen atoms in total.